The smallest absolute Gasteiger partial charge is 0.217 e. The molecule has 0 aromatic heterocycles. The topological polar surface area (TPSA) is 169 Å². The second kappa shape index (κ2) is 8.38. The van der Waals surface area contributed by atoms with Gasteiger partial charge in [-0.2, -0.15) is 0 Å². The first-order valence-corrected chi connectivity index (χ1v) is 8.30. The molecule has 0 bridgehead atoms. The summed E-state index contributed by atoms with van der Waals surface area (Å²) in [5, 5.41) is 63.0. The molecule has 0 radical (unpaired) electrons. The average Bonchev–Trinajstić information content (AvgIpc) is 2.62. The van der Waals surface area contributed by atoms with Crippen LogP contribution in [0.15, 0.2) is 18.2 Å². The lowest BCUT2D eigenvalue weighted by molar-refractivity contribution is -0.288. The van der Waals surface area contributed by atoms with E-state index in [0.29, 0.717) is 0 Å². The lowest BCUT2D eigenvalue weighted by atomic mass is 9.78. The van der Waals surface area contributed by atoms with Crippen LogP contribution in [-0.4, -0.2) is 80.4 Å². The minimum atomic E-state index is -1.94. The van der Waals surface area contributed by atoms with E-state index in [2.05, 4.69) is 5.32 Å². The van der Waals surface area contributed by atoms with E-state index < -0.39 is 55.2 Å². The van der Waals surface area contributed by atoms with Crippen LogP contribution < -0.4 is 10.1 Å². The van der Waals surface area contributed by atoms with Gasteiger partial charge in [0.25, 0.3) is 0 Å². The Kier molecular flexibility index (Phi) is 6.63. The van der Waals surface area contributed by atoms with Crippen LogP contribution in [0.3, 0.4) is 0 Å². The summed E-state index contributed by atoms with van der Waals surface area (Å²) in [4.78, 5) is 11.7. The van der Waals surface area contributed by atoms with Crippen LogP contribution >= 0.6 is 0 Å². The number of carbonyl (C=O) groups is 1. The molecule has 27 heavy (non-hydrogen) atoms. The van der Waals surface area contributed by atoms with Gasteiger partial charge in [-0.3, -0.25) is 4.79 Å². The summed E-state index contributed by atoms with van der Waals surface area (Å²) in [6.45, 7) is 0.477. The highest BCUT2D eigenvalue weighted by molar-refractivity contribution is 5.74. The molecule has 0 saturated carbocycles. The van der Waals surface area contributed by atoms with Crippen molar-refractivity contribution in [3.8, 4) is 11.5 Å². The zero-order valence-corrected chi connectivity index (χ0v) is 14.9. The average molecular weight is 387 g/mol. The van der Waals surface area contributed by atoms with Gasteiger partial charge in [-0.05, 0) is 17.7 Å². The van der Waals surface area contributed by atoms with Crippen LogP contribution in [0.5, 0.6) is 11.5 Å². The summed E-state index contributed by atoms with van der Waals surface area (Å²) in [6.07, 6.45) is -8.20. The third-order valence-corrected chi connectivity index (χ3v) is 4.68. The molecule has 10 heteroatoms. The van der Waals surface area contributed by atoms with Crippen molar-refractivity contribution in [3.63, 3.8) is 0 Å². The Labute approximate surface area is 155 Å². The normalized spacial score (nSPS) is 32.0. The van der Waals surface area contributed by atoms with Crippen molar-refractivity contribution in [1.82, 2.24) is 5.32 Å². The van der Waals surface area contributed by atoms with Crippen molar-refractivity contribution < 1.29 is 44.9 Å². The van der Waals surface area contributed by atoms with Gasteiger partial charge in [-0.1, -0.05) is 6.07 Å². The van der Waals surface area contributed by atoms with Crippen LogP contribution in [0, 0.1) is 0 Å². The molecule has 6 atom stereocenters. The highest BCUT2D eigenvalue weighted by Gasteiger charge is 2.56. The third kappa shape index (κ3) is 4.15. The first kappa shape index (κ1) is 21.4. The van der Waals surface area contributed by atoms with E-state index in [4.69, 9.17) is 9.47 Å². The number of nitrogens with one attached hydrogen (secondary N) is 1. The fourth-order valence-electron chi connectivity index (χ4n) is 3.25. The number of phenolic OH excluding ortho intramolecular Hbond substituents is 1. The van der Waals surface area contributed by atoms with E-state index in [1.807, 2.05) is 0 Å². The number of methoxy groups -OCH3 is 1. The van der Waals surface area contributed by atoms with Crippen LogP contribution in [0.2, 0.25) is 0 Å². The first-order valence-electron chi connectivity index (χ1n) is 8.30. The number of aromatic hydroxyl groups is 1. The third-order valence-electron chi connectivity index (χ3n) is 4.68. The van der Waals surface area contributed by atoms with E-state index >= 15 is 0 Å². The Morgan fingerprint density at radius 3 is 2.59 bits per heavy atom. The highest BCUT2D eigenvalue weighted by atomic mass is 16.6. The molecule has 1 unspecified atom stereocenters. The number of hydrogen-bond acceptors (Lipinski definition) is 9. The molecular formula is C17H25NO9. The first-order chi connectivity index (χ1) is 12.7. The van der Waals surface area contributed by atoms with Gasteiger partial charge in [-0.25, -0.2) is 0 Å². The Bertz CT molecular complexity index is 670. The molecule has 1 aromatic carbocycles. The second-order valence-electron chi connectivity index (χ2n) is 6.52. The van der Waals surface area contributed by atoms with E-state index in [1.165, 1.54) is 25.3 Å². The standard InChI is InChI=1S/C17H25NO9/c1-8(20)18-17(15(24)14(23)13(7-19)27-16(17)25)6-11(22)9-3-4-10(21)12(5-9)26-2/h3-5,11,13-16,19,21-25H,6-7H2,1-2H3,(H,18,20)/t11?,13-,14+,15+,16+,17-/m1/s1. The summed E-state index contributed by atoms with van der Waals surface area (Å²) in [6, 6.07) is 4.06. The molecule has 1 aromatic rings. The molecule has 1 aliphatic heterocycles. The van der Waals surface area contributed by atoms with Gasteiger partial charge in [0, 0.05) is 13.3 Å². The number of phenols is 1. The number of rotatable bonds is 6. The lowest BCUT2D eigenvalue weighted by Crippen LogP contribution is -2.73. The summed E-state index contributed by atoms with van der Waals surface area (Å²) in [5.74, 6) is -0.685. The molecule has 0 aliphatic carbocycles. The van der Waals surface area contributed by atoms with Crippen molar-refractivity contribution >= 4 is 5.91 Å². The van der Waals surface area contributed by atoms with Gasteiger partial charge >= 0.3 is 0 Å². The highest BCUT2D eigenvalue weighted by Crippen LogP contribution is 2.38. The Morgan fingerprint density at radius 1 is 1.37 bits per heavy atom. The fraction of sp³-hybridized carbons (Fsp3) is 0.588. The molecule has 1 saturated heterocycles. The molecule has 10 nitrogen and oxygen atoms in total. The van der Waals surface area contributed by atoms with E-state index in [-0.39, 0.29) is 17.1 Å². The molecule has 1 aliphatic rings. The maximum Gasteiger partial charge on any atom is 0.217 e. The fourth-order valence-corrected chi connectivity index (χ4v) is 3.25. The van der Waals surface area contributed by atoms with Crippen LogP contribution in [0.25, 0.3) is 0 Å². The maximum atomic E-state index is 11.7. The monoisotopic (exact) mass is 387 g/mol. The Hall–Kier alpha value is -1.95. The quantitative estimate of drug-likeness (QED) is 0.296. The SMILES string of the molecule is COc1cc(C(O)C[C@]2(NC(C)=O)[C@@H](O)O[C@H](CO)[C@H](O)[C@@H]2O)ccc1O. The summed E-state index contributed by atoms with van der Waals surface area (Å²) in [5.41, 5.74) is -1.67. The number of ether oxygens (including phenoxy) is 2. The second-order valence-corrected chi connectivity index (χ2v) is 6.52. The molecular weight excluding hydrogens is 362 g/mol. The summed E-state index contributed by atoms with van der Waals surface area (Å²) in [7, 11) is 1.33. The van der Waals surface area contributed by atoms with Crippen molar-refractivity contribution in [2.75, 3.05) is 13.7 Å². The minimum absolute atomic E-state index is 0.0986. The molecule has 1 heterocycles. The summed E-state index contributed by atoms with van der Waals surface area (Å²) < 4.78 is 10.1. The minimum Gasteiger partial charge on any atom is -0.504 e. The lowest BCUT2D eigenvalue weighted by Gasteiger charge is -2.50. The number of hydrogen-bond donors (Lipinski definition) is 7. The van der Waals surface area contributed by atoms with Gasteiger partial charge in [-0.15, -0.1) is 0 Å². The largest absolute Gasteiger partial charge is 0.504 e. The molecule has 152 valence electrons. The van der Waals surface area contributed by atoms with Crippen LogP contribution in [0.4, 0.5) is 0 Å². The van der Waals surface area contributed by atoms with E-state index in [0.717, 1.165) is 6.92 Å². The molecule has 0 spiro atoms. The van der Waals surface area contributed by atoms with Crippen molar-refractivity contribution in [2.24, 2.45) is 0 Å². The Balaban J connectivity index is 2.37. The predicted octanol–water partition coefficient (Wildman–Crippen LogP) is -1.87. The van der Waals surface area contributed by atoms with Crippen molar-refractivity contribution in [1.29, 1.82) is 0 Å². The van der Waals surface area contributed by atoms with Crippen LogP contribution in [-0.2, 0) is 9.53 Å². The number of benzene rings is 1. The molecule has 1 fully saturated rings. The van der Waals surface area contributed by atoms with Gasteiger partial charge in [0.15, 0.2) is 17.8 Å². The molecule has 2 rings (SSSR count). The summed E-state index contributed by atoms with van der Waals surface area (Å²) >= 11 is 0. The number of carbonyl (C=O) groups excluding carboxylic acids is 1. The maximum absolute atomic E-state index is 11.7. The molecule has 1 amide bonds. The van der Waals surface area contributed by atoms with E-state index in [1.54, 1.807) is 0 Å². The van der Waals surface area contributed by atoms with E-state index in [9.17, 15) is 35.4 Å². The van der Waals surface area contributed by atoms with Crippen LogP contribution in [0.1, 0.15) is 25.0 Å². The van der Waals surface area contributed by atoms with Gasteiger partial charge in [0.2, 0.25) is 5.91 Å². The van der Waals surface area contributed by atoms with Gasteiger partial charge in [0.1, 0.15) is 23.9 Å². The zero-order valence-electron chi connectivity index (χ0n) is 14.9. The number of aliphatic hydroxyl groups is 5. The number of amides is 1. The zero-order chi connectivity index (χ0) is 20.4. The Morgan fingerprint density at radius 2 is 2.04 bits per heavy atom. The number of aliphatic hydroxyl groups excluding tert-OH is 5. The molecule has 7 N–H and O–H groups in total. The van der Waals surface area contributed by atoms with Gasteiger partial charge in [0.05, 0.1) is 19.8 Å². The van der Waals surface area contributed by atoms with Gasteiger partial charge < -0.3 is 45.4 Å². The van der Waals surface area contributed by atoms with Crippen molar-refractivity contribution in [3.05, 3.63) is 23.8 Å². The van der Waals surface area contributed by atoms with Crippen molar-refractivity contribution in [2.45, 2.75) is 49.6 Å². The predicted molar refractivity (Wildman–Crippen MR) is 90.8 cm³/mol.